The minimum absolute atomic E-state index is 0.353. The van der Waals surface area contributed by atoms with Gasteiger partial charge in [-0.05, 0) is 38.8 Å². The van der Waals surface area contributed by atoms with Gasteiger partial charge in [-0.3, -0.25) is 0 Å². The van der Waals surface area contributed by atoms with Gasteiger partial charge in [0.2, 0.25) is 0 Å². The van der Waals surface area contributed by atoms with Gasteiger partial charge in [0.05, 0.1) is 0 Å². The molecule has 0 aromatic carbocycles. The second kappa shape index (κ2) is 21.9. The molecule has 0 saturated carbocycles. The Hall–Kier alpha value is -0.120. The zero-order chi connectivity index (χ0) is 16.8. The van der Waals surface area contributed by atoms with Crippen molar-refractivity contribution in [2.75, 3.05) is 26.3 Å². The first-order valence-electron chi connectivity index (χ1n) is 10.3. The zero-order valence-corrected chi connectivity index (χ0v) is 15.5. The van der Waals surface area contributed by atoms with E-state index in [-0.39, 0.29) is 0 Å². The fraction of sp³-hybridized carbons (Fsp3) is 1.00. The van der Waals surface area contributed by atoms with E-state index >= 15 is 0 Å². The molecule has 0 saturated heterocycles. The Morgan fingerprint density at radius 3 is 0.913 bits per heavy atom. The van der Waals surface area contributed by atoms with Crippen molar-refractivity contribution in [1.29, 1.82) is 0 Å². The van der Waals surface area contributed by atoms with Crippen LogP contribution in [0.2, 0.25) is 0 Å². The lowest BCUT2D eigenvalue weighted by atomic mass is 10.1. The van der Waals surface area contributed by atoms with Gasteiger partial charge in [-0.1, -0.05) is 77.0 Å². The molecule has 0 rings (SSSR count). The summed E-state index contributed by atoms with van der Waals surface area (Å²) >= 11 is 0. The number of aliphatic hydroxyl groups excluding tert-OH is 2. The maximum absolute atomic E-state index is 8.70. The first-order valence-corrected chi connectivity index (χ1v) is 10.3. The first-order chi connectivity index (χ1) is 11.4. The maximum atomic E-state index is 8.70. The summed E-state index contributed by atoms with van der Waals surface area (Å²) in [4.78, 5) is 0. The predicted molar refractivity (Wildman–Crippen MR) is 101 cm³/mol. The maximum Gasteiger partial charge on any atom is 0.0431 e. The molecule has 0 aliphatic carbocycles. The zero-order valence-electron chi connectivity index (χ0n) is 15.5. The number of rotatable bonds is 20. The number of unbranched alkanes of at least 4 members (excludes halogenated alkanes) is 14. The third-order valence-electron chi connectivity index (χ3n) is 4.52. The number of hydrogen-bond donors (Lipinski definition) is 3. The Bertz CT molecular complexity index is 180. The fourth-order valence-corrected chi connectivity index (χ4v) is 2.97. The smallest absolute Gasteiger partial charge is 0.0431 e. The van der Waals surface area contributed by atoms with E-state index in [0.29, 0.717) is 13.2 Å². The standard InChI is InChI=1S/C20H43NO2/c22-19-15-11-7-4-2-1-3-5-9-13-17-21-18-14-10-6-8-12-16-20-23/h21-23H,1-20H2. The Morgan fingerprint density at radius 2 is 0.609 bits per heavy atom. The van der Waals surface area contributed by atoms with Gasteiger partial charge in [0.25, 0.3) is 0 Å². The second-order valence-corrected chi connectivity index (χ2v) is 6.85. The van der Waals surface area contributed by atoms with Crippen molar-refractivity contribution in [3.63, 3.8) is 0 Å². The van der Waals surface area contributed by atoms with Crippen LogP contribution in [0.4, 0.5) is 0 Å². The molecular formula is C20H43NO2. The molecule has 3 N–H and O–H groups in total. The van der Waals surface area contributed by atoms with E-state index in [9.17, 15) is 0 Å². The van der Waals surface area contributed by atoms with Gasteiger partial charge < -0.3 is 15.5 Å². The van der Waals surface area contributed by atoms with Crippen LogP contribution < -0.4 is 5.32 Å². The fourth-order valence-electron chi connectivity index (χ4n) is 2.97. The van der Waals surface area contributed by atoms with Gasteiger partial charge in [0.15, 0.2) is 0 Å². The number of hydrogen-bond acceptors (Lipinski definition) is 3. The molecule has 0 aliphatic heterocycles. The SMILES string of the molecule is OCCCCCCCCCCCCNCCCCCCCCO. The summed E-state index contributed by atoms with van der Waals surface area (Å²) in [5, 5.41) is 20.9. The lowest BCUT2D eigenvalue weighted by Gasteiger charge is -2.05. The Balaban J connectivity index is 2.92. The monoisotopic (exact) mass is 329 g/mol. The summed E-state index contributed by atoms with van der Waals surface area (Å²) in [6, 6.07) is 0. The molecule has 0 aromatic rings. The van der Waals surface area contributed by atoms with Crippen LogP contribution in [0, 0.1) is 0 Å². The van der Waals surface area contributed by atoms with Gasteiger partial charge in [0, 0.05) is 13.2 Å². The lowest BCUT2D eigenvalue weighted by molar-refractivity contribution is 0.282. The number of nitrogens with one attached hydrogen (secondary N) is 1. The van der Waals surface area contributed by atoms with Crippen molar-refractivity contribution < 1.29 is 10.2 Å². The minimum Gasteiger partial charge on any atom is -0.396 e. The highest BCUT2D eigenvalue weighted by molar-refractivity contribution is 4.52. The molecule has 0 heterocycles. The quantitative estimate of drug-likeness (QED) is 0.281. The Labute approximate surface area is 145 Å². The molecular weight excluding hydrogens is 286 g/mol. The average Bonchev–Trinajstić information content (AvgIpc) is 2.57. The molecule has 0 atom stereocenters. The van der Waals surface area contributed by atoms with Crippen LogP contribution in [0.25, 0.3) is 0 Å². The van der Waals surface area contributed by atoms with Crippen molar-refractivity contribution in [3.05, 3.63) is 0 Å². The van der Waals surface area contributed by atoms with Crippen LogP contribution in [0.1, 0.15) is 103 Å². The predicted octanol–water partition coefficient (Wildman–Crippen LogP) is 4.80. The van der Waals surface area contributed by atoms with E-state index in [1.165, 1.54) is 103 Å². The summed E-state index contributed by atoms with van der Waals surface area (Å²) in [5.74, 6) is 0. The van der Waals surface area contributed by atoms with Crippen LogP contribution >= 0.6 is 0 Å². The van der Waals surface area contributed by atoms with Gasteiger partial charge in [-0.2, -0.15) is 0 Å². The summed E-state index contributed by atoms with van der Waals surface area (Å²) in [6.45, 7) is 3.07. The highest BCUT2D eigenvalue weighted by atomic mass is 16.3. The van der Waals surface area contributed by atoms with Crippen molar-refractivity contribution >= 4 is 0 Å². The molecule has 140 valence electrons. The van der Waals surface area contributed by atoms with Crippen molar-refractivity contribution in [2.45, 2.75) is 103 Å². The van der Waals surface area contributed by atoms with Crippen LogP contribution in [0.3, 0.4) is 0 Å². The van der Waals surface area contributed by atoms with Crippen LogP contribution in [-0.4, -0.2) is 36.5 Å². The molecule has 0 bridgehead atoms. The molecule has 0 aromatic heterocycles. The van der Waals surface area contributed by atoms with Crippen LogP contribution in [-0.2, 0) is 0 Å². The van der Waals surface area contributed by atoms with E-state index in [1.807, 2.05) is 0 Å². The van der Waals surface area contributed by atoms with Crippen molar-refractivity contribution in [2.24, 2.45) is 0 Å². The summed E-state index contributed by atoms with van der Waals surface area (Å²) < 4.78 is 0. The van der Waals surface area contributed by atoms with E-state index in [0.717, 1.165) is 12.8 Å². The minimum atomic E-state index is 0.353. The molecule has 0 amide bonds. The van der Waals surface area contributed by atoms with E-state index in [1.54, 1.807) is 0 Å². The number of aliphatic hydroxyl groups is 2. The Morgan fingerprint density at radius 1 is 0.348 bits per heavy atom. The molecule has 0 aliphatic rings. The molecule has 3 nitrogen and oxygen atoms in total. The first kappa shape index (κ1) is 22.9. The summed E-state index contributed by atoms with van der Waals surface area (Å²) in [7, 11) is 0. The normalized spacial score (nSPS) is 11.2. The van der Waals surface area contributed by atoms with E-state index in [2.05, 4.69) is 5.32 Å². The lowest BCUT2D eigenvalue weighted by Crippen LogP contribution is -2.16. The Kier molecular flexibility index (Phi) is 21.8. The van der Waals surface area contributed by atoms with Gasteiger partial charge in [-0.25, -0.2) is 0 Å². The van der Waals surface area contributed by atoms with Gasteiger partial charge in [-0.15, -0.1) is 0 Å². The largest absolute Gasteiger partial charge is 0.396 e. The molecule has 0 fully saturated rings. The third kappa shape index (κ3) is 21.9. The average molecular weight is 330 g/mol. The third-order valence-corrected chi connectivity index (χ3v) is 4.52. The van der Waals surface area contributed by atoms with Crippen molar-refractivity contribution in [3.8, 4) is 0 Å². The summed E-state index contributed by atoms with van der Waals surface area (Å²) in [6.07, 6.45) is 20.5. The highest BCUT2D eigenvalue weighted by Crippen LogP contribution is 2.10. The van der Waals surface area contributed by atoms with Gasteiger partial charge in [0.1, 0.15) is 0 Å². The van der Waals surface area contributed by atoms with Gasteiger partial charge >= 0.3 is 0 Å². The topological polar surface area (TPSA) is 52.5 Å². The molecule has 0 unspecified atom stereocenters. The molecule has 0 radical (unpaired) electrons. The van der Waals surface area contributed by atoms with E-state index < -0.39 is 0 Å². The second-order valence-electron chi connectivity index (χ2n) is 6.85. The van der Waals surface area contributed by atoms with Crippen molar-refractivity contribution in [1.82, 2.24) is 5.32 Å². The molecule has 23 heavy (non-hydrogen) atoms. The van der Waals surface area contributed by atoms with E-state index in [4.69, 9.17) is 10.2 Å². The molecule has 3 heteroatoms. The van der Waals surface area contributed by atoms with Crippen LogP contribution in [0.15, 0.2) is 0 Å². The summed E-state index contributed by atoms with van der Waals surface area (Å²) in [5.41, 5.74) is 0. The van der Waals surface area contributed by atoms with Crippen LogP contribution in [0.5, 0.6) is 0 Å². The molecule has 0 spiro atoms. The highest BCUT2D eigenvalue weighted by Gasteiger charge is 1.94.